The van der Waals surface area contributed by atoms with Crippen LogP contribution in [0.15, 0.2) is 22.7 Å². The summed E-state index contributed by atoms with van der Waals surface area (Å²) >= 11 is 3.69. The van der Waals surface area contributed by atoms with Gasteiger partial charge in [0.05, 0.1) is 5.69 Å². The van der Waals surface area contributed by atoms with E-state index < -0.39 is 0 Å². The molecule has 1 saturated heterocycles. The third kappa shape index (κ3) is 2.72. The van der Waals surface area contributed by atoms with E-state index in [-0.39, 0.29) is 0 Å². The first kappa shape index (κ1) is 13.9. The van der Waals surface area contributed by atoms with Crippen molar-refractivity contribution in [3.8, 4) is 0 Å². The molecule has 0 spiro atoms. The lowest BCUT2D eigenvalue weighted by Gasteiger charge is -2.45. The third-order valence-corrected chi connectivity index (χ3v) is 4.80. The molecule has 1 fully saturated rings. The monoisotopic (exact) mass is 310 g/mol. The topological polar surface area (TPSA) is 15.3 Å². The van der Waals surface area contributed by atoms with E-state index in [0.29, 0.717) is 11.5 Å². The fourth-order valence-corrected chi connectivity index (χ4v) is 3.47. The number of nitrogens with one attached hydrogen (secondary N) is 1. The minimum atomic E-state index is 0.377. The Bertz CT molecular complexity index is 429. The van der Waals surface area contributed by atoms with Gasteiger partial charge < -0.3 is 10.2 Å². The van der Waals surface area contributed by atoms with Crippen LogP contribution in [0.3, 0.4) is 0 Å². The summed E-state index contributed by atoms with van der Waals surface area (Å²) in [5, 5.41) is 3.47. The molecule has 0 saturated carbocycles. The third-order valence-electron chi connectivity index (χ3n) is 4.16. The van der Waals surface area contributed by atoms with Crippen LogP contribution >= 0.6 is 15.9 Å². The van der Waals surface area contributed by atoms with Gasteiger partial charge in [0, 0.05) is 23.6 Å². The molecule has 0 amide bonds. The number of anilines is 1. The van der Waals surface area contributed by atoms with Crippen LogP contribution in [-0.4, -0.2) is 26.2 Å². The van der Waals surface area contributed by atoms with Gasteiger partial charge in [0.25, 0.3) is 0 Å². The number of hydrogen-bond donors (Lipinski definition) is 1. The summed E-state index contributed by atoms with van der Waals surface area (Å²) in [6, 6.07) is 7.15. The summed E-state index contributed by atoms with van der Waals surface area (Å²) in [5.41, 5.74) is 2.99. The van der Waals surface area contributed by atoms with Crippen LogP contribution in [-0.2, 0) is 0 Å². The smallest absolute Gasteiger partial charge is 0.0511 e. The molecule has 2 nitrogen and oxygen atoms in total. The van der Waals surface area contributed by atoms with E-state index in [1.54, 1.807) is 0 Å². The lowest BCUT2D eigenvalue weighted by atomic mass is 9.78. The first-order valence-corrected chi connectivity index (χ1v) is 7.42. The molecule has 1 aromatic rings. The SMILES string of the molecule is CNC1CN(c2ccc(C)cc2Br)CCC1(C)C. The second-order valence-electron chi connectivity index (χ2n) is 5.98. The van der Waals surface area contributed by atoms with Crippen molar-refractivity contribution in [3.05, 3.63) is 28.2 Å². The van der Waals surface area contributed by atoms with Crippen LogP contribution < -0.4 is 10.2 Å². The van der Waals surface area contributed by atoms with Crippen LogP contribution in [0.25, 0.3) is 0 Å². The number of rotatable bonds is 2. The fraction of sp³-hybridized carbons (Fsp3) is 0.600. The van der Waals surface area contributed by atoms with Gasteiger partial charge in [-0.1, -0.05) is 19.9 Å². The zero-order valence-corrected chi connectivity index (χ0v) is 13.3. The molecular weight excluding hydrogens is 288 g/mol. The van der Waals surface area contributed by atoms with Gasteiger partial charge in [0.15, 0.2) is 0 Å². The first-order valence-electron chi connectivity index (χ1n) is 6.62. The Hall–Kier alpha value is -0.540. The molecule has 1 aliphatic heterocycles. The number of benzene rings is 1. The Balaban J connectivity index is 2.20. The number of piperidine rings is 1. The molecule has 2 rings (SSSR count). The molecule has 3 heteroatoms. The van der Waals surface area contributed by atoms with E-state index in [9.17, 15) is 0 Å². The lowest BCUT2D eigenvalue weighted by molar-refractivity contribution is 0.208. The van der Waals surface area contributed by atoms with Gasteiger partial charge in [-0.25, -0.2) is 0 Å². The van der Waals surface area contributed by atoms with Crippen molar-refractivity contribution < 1.29 is 0 Å². The average Bonchev–Trinajstić information content (AvgIpc) is 2.30. The van der Waals surface area contributed by atoms with E-state index in [4.69, 9.17) is 0 Å². The van der Waals surface area contributed by atoms with Gasteiger partial charge >= 0.3 is 0 Å². The van der Waals surface area contributed by atoms with Gasteiger partial charge in [-0.05, 0) is 59.4 Å². The summed E-state index contributed by atoms with van der Waals surface area (Å²) < 4.78 is 1.21. The molecule has 18 heavy (non-hydrogen) atoms. The second-order valence-corrected chi connectivity index (χ2v) is 6.84. The Morgan fingerprint density at radius 3 is 2.72 bits per heavy atom. The summed E-state index contributed by atoms with van der Waals surface area (Å²) in [6.45, 7) is 9.05. The molecule has 1 heterocycles. The Morgan fingerprint density at radius 1 is 1.39 bits per heavy atom. The number of hydrogen-bond acceptors (Lipinski definition) is 2. The van der Waals surface area contributed by atoms with Crippen LogP contribution in [0.5, 0.6) is 0 Å². The molecule has 0 radical (unpaired) electrons. The Labute approximate surface area is 119 Å². The highest BCUT2D eigenvalue weighted by molar-refractivity contribution is 9.10. The lowest BCUT2D eigenvalue weighted by Crippen LogP contribution is -2.54. The molecule has 0 aromatic heterocycles. The highest BCUT2D eigenvalue weighted by atomic mass is 79.9. The molecule has 1 aliphatic rings. The van der Waals surface area contributed by atoms with Crippen molar-refractivity contribution in [2.75, 3.05) is 25.0 Å². The van der Waals surface area contributed by atoms with Gasteiger partial charge in [-0.15, -0.1) is 0 Å². The van der Waals surface area contributed by atoms with E-state index in [0.717, 1.165) is 13.1 Å². The maximum Gasteiger partial charge on any atom is 0.0511 e. The summed E-state index contributed by atoms with van der Waals surface area (Å²) in [7, 11) is 2.07. The first-order chi connectivity index (χ1) is 8.44. The molecule has 1 unspecified atom stereocenters. The van der Waals surface area contributed by atoms with Crippen LogP contribution in [0.2, 0.25) is 0 Å². The highest BCUT2D eigenvalue weighted by Crippen LogP contribution is 2.35. The largest absolute Gasteiger partial charge is 0.369 e. The number of nitrogens with zero attached hydrogens (tertiary/aromatic N) is 1. The van der Waals surface area contributed by atoms with Crippen LogP contribution in [0.4, 0.5) is 5.69 Å². The van der Waals surface area contributed by atoms with Crippen LogP contribution in [0, 0.1) is 12.3 Å². The minimum Gasteiger partial charge on any atom is -0.369 e. The summed E-state index contributed by atoms with van der Waals surface area (Å²) in [4.78, 5) is 2.48. The average molecular weight is 311 g/mol. The zero-order valence-electron chi connectivity index (χ0n) is 11.8. The molecule has 1 N–H and O–H groups in total. The maximum absolute atomic E-state index is 3.69. The Morgan fingerprint density at radius 2 is 2.11 bits per heavy atom. The van der Waals surface area contributed by atoms with E-state index >= 15 is 0 Å². The summed E-state index contributed by atoms with van der Waals surface area (Å²) in [5.74, 6) is 0. The molecule has 1 atom stereocenters. The molecular formula is C15H23BrN2. The minimum absolute atomic E-state index is 0.377. The predicted molar refractivity (Wildman–Crippen MR) is 82.3 cm³/mol. The standard InChI is InChI=1S/C15H23BrN2/c1-11-5-6-13(12(16)9-11)18-8-7-15(2,3)14(10-18)17-4/h5-6,9,14,17H,7-8,10H2,1-4H3. The van der Waals surface area contributed by atoms with Gasteiger partial charge in [0.2, 0.25) is 0 Å². The van der Waals surface area contributed by atoms with Gasteiger partial charge in [0.1, 0.15) is 0 Å². The maximum atomic E-state index is 3.69. The van der Waals surface area contributed by atoms with E-state index in [2.05, 4.69) is 72.2 Å². The Kier molecular flexibility index (Phi) is 4.02. The van der Waals surface area contributed by atoms with Crippen molar-refractivity contribution in [2.45, 2.75) is 33.2 Å². The quantitative estimate of drug-likeness (QED) is 0.898. The second kappa shape index (κ2) is 5.22. The molecule has 1 aromatic carbocycles. The highest BCUT2D eigenvalue weighted by Gasteiger charge is 2.34. The van der Waals surface area contributed by atoms with Gasteiger partial charge in [-0.2, -0.15) is 0 Å². The predicted octanol–water partition coefficient (Wildman–Crippen LogP) is 3.58. The number of halogens is 1. The molecule has 0 aliphatic carbocycles. The van der Waals surface area contributed by atoms with Crippen molar-refractivity contribution in [1.29, 1.82) is 0 Å². The van der Waals surface area contributed by atoms with Crippen LogP contribution in [0.1, 0.15) is 25.8 Å². The van der Waals surface area contributed by atoms with Crippen molar-refractivity contribution in [2.24, 2.45) is 5.41 Å². The van der Waals surface area contributed by atoms with Crippen molar-refractivity contribution in [1.82, 2.24) is 5.32 Å². The molecule has 0 bridgehead atoms. The number of aryl methyl sites for hydroxylation is 1. The van der Waals surface area contributed by atoms with Crippen molar-refractivity contribution >= 4 is 21.6 Å². The summed E-state index contributed by atoms with van der Waals surface area (Å²) in [6.07, 6.45) is 1.22. The zero-order chi connectivity index (χ0) is 13.3. The van der Waals surface area contributed by atoms with E-state index in [1.807, 2.05) is 0 Å². The van der Waals surface area contributed by atoms with Gasteiger partial charge in [-0.3, -0.25) is 0 Å². The van der Waals surface area contributed by atoms with E-state index in [1.165, 1.54) is 22.1 Å². The van der Waals surface area contributed by atoms with Crippen molar-refractivity contribution in [3.63, 3.8) is 0 Å². The molecule has 100 valence electrons. The number of likely N-dealkylation sites (N-methyl/N-ethyl adjacent to an activating group) is 1. The fourth-order valence-electron chi connectivity index (χ4n) is 2.73. The normalized spacial score (nSPS) is 23.2.